The van der Waals surface area contributed by atoms with Crippen LogP contribution < -0.4 is 16.0 Å². The first-order valence-electron chi connectivity index (χ1n) is 6.45. The molecule has 2 rings (SSSR count). The van der Waals surface area contributed by atoms with Crippen molar-refractivity contribution < 1.29 is 4.79 Å². The van der Waals surface area contributed by atoms with Crippen LogP contribution in [0.25, 0.3) is 0 Å². The zero-order valence-corrected chi connectivity index (χ0v) is 11.1. The summed E-state index contributed by atoms with van der Waals surface area (Å²) in [5, 5.41) is 2.75. The third kappa shape index (κ3) is 2.34. The number of benzene rings is 1. The van der Waals surface area contributed by atoms with Crippen LogP contribution in [0.4, 0.5) is 5.69 Å². The Hall–Kier alpha value is -1.55. The van der Waals surface area contributed by atoms with E-state index in [9.17, 15) is 4.79 Å². The number of nitrogens with one attached hydrogen (secondary N) is 1. The fraction of sp³-hybridized carbons (Fsp3) is 0.500. The molecule has 0 bridgehead atoms. The molecule has 3 N–H and O–H groups in total. The summed E-state index contributed by atoms with van der Waals surface area (Å²) >= 11 is 0. The van der Waals surface area contributed by atoms with E-state index in [2.05, 4.69) is 35.3 Å². The van der Waals surface area contributed by atoms with Crippen molar-refractivity contribution in [2.75, 3.05) is 18.5 Å². The molecular formula is C14H21N3O. The minimum Gasteiger partial charge on any atom is -0.359 e. The average Bonchev–Trinajstić information content (AvgIpc) is 2.86. The Morgan fingerprint density at radius 2 is 2.33 bits per heavy atom. The molecule has 0 spiro atoms. The number of carbonyl (C=O) groups excluding carboxylic acids is 1. The minimum absolute atomic E-state index is 0.0536. The van der Waals surface area contributed by atoms with E-state index < -0.39 is 0 Å². The molecule has 0 aliphatic carbocycles. The van der Waals surface area contributed by atoms with E-state index >= 15 is 0 Å². The first-order valence-corrected chi connectivity index (χ1v) is 6.45. The molecular weight excluding hydrogens is 226 g/mol. The number of rotatable bonds is 3. The fourth-order valence-electron chi connectivity index (χ4n) is 2.61. The zero-order chi connectivity index (χ0) is 13.1. The smallest absolute Gasteiger partial charge is 0.242 e. The lowest BCUT2D eigenvalue weighted by molar-refractivity contribution is -0.121. The van der Waals surface area contributed by atoms with Crippen molar-refractivity contribution >= 4 is 11.6 Å². The second-order valence-corrected chi connectivity index (χ2v) is 4.80. The lowest BCUT2D eigenvalue weighted by Crippen LogP contribution is -2.42. The van der Waals surface area contributed by atoms with Gasteiger partial charge in [-0.05, 0) is 37.0 Å². The Labute approximate surface area is 108 Å². The molecule has 0 aromatic heterocycles. The molecule has 1 aromatic carbocycles. The normalized spacial score (nSPS) is 19.1. The quantitative estimate of drug-likeness (QED) is 0.843. The van der Waals surface area contributed by atoms with Crippen LogP contribution in [0.2, 0.25) is 0 Å². The van der Waals surface area contributed by atoms with Crippen molar-refractivity contribution in [3.05, 3.63) is 29.3 Å². The standard InChI is InChI=1S/C14H21N3O/c1-10-5-6-11(9-15)13(8-10)17-7-3-4-12(17)14(18)16-2/h5-6,8,12H,3-4,7,9,15H2,1-2H3,(H,16,18). The molecule has 1 atom stereocenters. The Morgan fingerprint density at radius 1 is 1.56 bits per heavy atom. The van der Waals surface area contributed by atoms with Gasteiger partial charge in [0.1, 0.15) is 6.04 Å². The van der Waals surface area contributed by atoms with Crippen LogP contribution in [0.1, 0.15) is 24.0 Å². The molecule has 4 nitrogen and oxygen atoms in total. The van der Waals surface area contributed by atoms with E-state index in [-0.39, 0.29) is 11.9 Å². The van der Waals surface area contributed by atoms with Crippen molar-refractivity contribution in [3.63, 3.8) is 0 Å². The van der Waals surface area contributed by atoms with Crippen LogP contribution >= 0.6 is 0 Å². The first kappa shape index (κ1) is 12.9. The maximum Gasteiger partial charge on any atom is 0.242 e. The van der Waals surface area contributed by atoms with Crippen LogP contribution in [0.3, 0.4) is 0 Å². The SMILES string of the molecule is CNC(=O)C1CCCN1c1cc(C)ccc1CN. The highest BCUT2D eigenvalue weighted by Gasteiger charge is 2.31. The summed E-state index contributed by atoms with van der Waals surface area (Å²) in [4.78, 5) is 14.1. The number of hydrogen-bond donors (Lipinski definition) is 2. The zero-order valence-electron chi connectivity index (χ0n) is 11.1. The van der Waals surface area contributed by atoms with E-state index in [4.69, 9.17) is 5.73 Å². The predicted octanol–water partition coefficient (Wildman–Crippen LogP) is 1.17. The number of amides is 1. The van der Waals surface area contributed by atoms with Gasteiger partial charge < -0.3 is 16.0 Å². The van der Waals surface area contributed by atoms with Gasteiger partial charge in [0, 0.05) is 25.8 Å². The maximum atomic E-state index is 11.9. The van der Waals surface area contributed by atoms with Crippen molar-refractivity contribution in [1.29, 1.82) is 0 Å². The largest absolute Gasteiger partial charge is 0.359 e. The van der Waals surface area contributed by atoms with Gasteiger partial charge in [0.2, 0.25) is 5.91 Å². The second kappa shape index (κ2) is 5.40. The summed E-state index contributed by atoms with van der Waals surface area (Å²) in [5.41, 5.74) is 9.22. The van der Waals surface area contributed by atoms with Gasteiger partial charge in [-0.2, -0.15) is 0 Å². The van der Waals surface area contributed by atoms with Gasteiger partial charge in [0.15, 0.2) is 0 Å². The molecule has 1 aromatic rings. The van der Waals surface area contributed by atoms with Gasteiger partial charge in [-0.1, -0.05) is 12.1 Å². The summed E-state index contributed by atoms with van der Waals surface area (Å²) in [6.07, 6.45) is 1.97. The maximum absolute atomic E-state index is 11.9. The number of nitrogens with two attached hydrogens (primary N) is 1. The lowest BCUT2D eigenvalue weighted by Gasteiger charge is -2.27. The molecule has 0 saturated carbocycles. The van der Waals surface area contributed by atoms with Crippen molar-refractivity contribution in [2.24, 2.45) is 5.73 Å². The number of likely N-dealkylation sites (N-methyl/N-ethyl adjacent to an activating group) is 1. The topological polar surface area (TPSA) is 58.4 Å². The Kier molecular flexibility index (Phi) is 3.87. The molecule has 1 aliphatic heterocycles. The first-order chi connectivity index (χ1) is 8.67. The number of anilines is 1. The molecule has 1 unspecified atom stereocenters. The Balaban J connectivity index is 2.35. The number of aryl methyl sites for hydroxylation is 1. The molecule has 4 heteroatoms. The molecule has 18 heavy (non-hydrogen) atoms. The summed E-state index contributed by atoms with van der Waals surface area (Å²) < 4.78 is 0. The third-order valence-electron chi connectivity index (χ3n) is 3.57. The molecule has 1 amide bonds. The van der Waals surface area contributed by atoms with Crippen LogP contribution in [-0.4, -0.2) is 25.5 Å². The van der Waals surface area contributed by atoms with E-state index in [0.717, 1.165) is 30.6 Å². The predicted molar refractivity (Wildman–Crippen MR) is 73.5 cm³/mol. The average molecular weight is 247 g/mol. The van der Waals surface area contributed by atoms with Gasteiger partial charge in [-0.15, -0.1) is 0 Å². The highest BCUT2D eigenvalue weighted by Crippen LogP contribution is 2.29. The lowest BCUT2D eigenvalue weighted by atomic mass is 10.1. The molecule has 1 fully saturated rings. The number of carbonyl (C=O) groups is 1. The van der Waals surface area contributed by atoms with Gasteiger partial charge in [0.05, 0.1) is 0 Å². The van der Waals surface area contributed by atoms with Crippen LogP contribution in [0.5, 0.6) is 0 Å². The highest BCUT2D eigenvalue weighted by molar-refractivity contribution is 5.86. The van der Waals surface area contributed by atoms with Crippen LogP contribution in [0, 0.1) is 6.92 Å². The van der Waals surface area contributed by atoms with E-state index in [1.165, 1.54) is 5.56 Å². The van der Waals surface area contributed by atoms with Crippen molar-refractivity contribution in [2.45, 2.75) is 32.4 Å². The molecule has 1 heterocycles. The summed E-state index contributed by atoms with van der Waals surface area (Å²) in [5.74, 6) is 0.0944. The van der Waals surface area contributed by atoms with Gasteiger partial charge in [-0.3, -0.25) is 4.79 Å². The molecule has 1 saturated heterocycles. The third-order valence-corrected chi connectivity index (χ3v) is 3.57. The molecule has 0 radical (unpaired) electrons. The monoisotopic (exact) mass is 247 g/mol. The summed E-state index contributed by atoms with van der Waals surface area (Å²) in [6, 6.07) is 6.20. The summed E-state index contributed by atoms with van der Waals surface area (Å²) in [7, 11) is 1.69. The van der Waals surface area contributed by atoms with Crippen molar-refractivity contribution in [1.82, 2.24) is 5.32 Å². The Bertz CT molecular complexity index is 445. The van der Waals surface area contributed by atoms with E-state index in [1.54, 1.807) is 7.05 Å². The van der Waals surface area contributed by atoms with Gasteiger partial charge >= 0.3 is 0 Å². The number of nitrogens with zero attached hydrogens (tertiary/aromatic N) is 1. The fourth-order valence-corrected chi connectivity index (χ4v) is 2.61. The van der Waals surface area contributed by atoms with Crippen molar-refractivity contribution in [3.8, 4) is 0 Å². The number of hydrogen-bond acceptors (Lipinski definition) is 3. The Morgan fingerprint density at radius 3 is 3.00 bits per heavy atom. The van der Waals surface area contributed by atoms with E-state index in [0.29, 0.717) is 6.54 Å². The minimum atomic E-state index is -0.0536. The molecule has 98 valence electrons. The molecule has 1 aliphatic rings. The van der Waals surface area contributed by atoms with E-state index in [1.807, 2.05) is 0 Å². The van der Waals surface area contributed by atoms with Crippen LogP contribution in [-0.2, 0) is 11.3 Å². The van der Waals surface area contributed by atoms with Gasteiger partial charge in [-0.25, -0.2) is 0 Å². The van der Waals surface area contributed by atoms with Gasteiger partial charge in [0.25, 0.3) is 0 Å². The second-order valence-electron chi connectivity index (χ2n) is 4.80. The summed E-state index contributed by atoms with van der Waals surface area (Å²) in [6.45, 7) is 3.50. The van der Waals surface area contributed by atoms with Crippen LogP contribution in [0.15, 0.2) is 18.2 Å². The highest BCUT2D eigenvalue weighted by atomic mass is 16.2.